The Morgan fingerprint density at radius 2 is 1.30 bits per heavy atom. The minimum absolute atomic E-state index is 0.101. The molecule has 1 aromatic carbocycles. The van der Waals surface area contributed by atoms with Gasteiger partial charge in [0.15, 0.2) is 0 Å². The molecule has 1 nitrogen and oxygen atoms in total. The van der Waals surface area contributed by atoms with Crippen LogP contribution < -0.4 is 4.74 Å². The highest BCUT2D eigenvalue weighted by atomic mass is 16.5. The van der Waals surface area contributed by atoms with Crippen LogP contribution in [0.5, 0.6) is 5.75 Å². The zero-order valence-electron chi connectivity index (χ0n) is 14.7. The van der Waals surface area contributed by atoms with E-state index in [1.165, 1.54) is 29.5 Å². The summed E-state index contributed by atoms with van der Waals surface area (Å²) in [4.78, 5) is 0. The summed E-state index contributed by atoms with van der Waals surface area (Å²) in [5.74, 6) is 1.06. The number of hydrogen-bond acceptors (Lipinski definition) is 1. The van der Waals surface area contributed by atoms with Gasteiger partial charge in [-0.25, -0.2) is 0 Å². The average Bonchev–Trinajstić information content (AvgIpc) is 2.41. The van der Waals surface area contributed by atoms with E-state index in [1.54, 1.807) is 0 Å². The lowest BCUT2D eigenvalue weighted by Crippen LogP contribution is -2.28. The van der Waals surface area contributed by atoms with Crippen LogP contribution in [0.3, 0.4) is 0 Å². The summed E-state index contributed by atoms with van der Waals surface area (Å²) < 4.78 is 6.25. The fourth-order valence-corrected chi connectivity index (χ4v) is 2.47. The lowest BCUT2D eigenvalue weighted by atomic mass is 9.77. The van der Waals surface area contributed by atoms with Crippen LogP contribution in [0, 0.1) is 13.8 Å². The Hall–Kier alpha value is -0.980. The maximum atomic E-state index is 6.25. The highest BCUT2D eigenvalue weighted by Crippen LogP contribution is 2.36. The molecule has 0 N–H and O–H groups in total. The van der Waals surface area contributed by atoms with Gasteiger partial charge in [-0.2, -0.15) is 0 Å². The Bertz CT molecular complexity index is 430. The molecule has 0 bridgehead atoms. The first-order valence-electron chi connectivity index (χ1n) is 7.99. The first-order chi connectivity index (χ1) is 9.19. The van der Waals surface area contributed by atoms with E-state index in [0.717, 1.165) is 12.2 Å². The van der Waals surface area contributed by atoms with E-state index in [2.05, 4.69) is 67.5 Å². The zero-order chi connectivity index (χ0) is 15.6. The molecule has 1 heteroatoms. The molecule has 0 radical (unpaired) electrons. The largest absolute Gasteiger partial charge is 0.487 e. The number of aryl methyl sites for hydroxylation is 2. The standard InChI is InChI=1S/C19H32O/c1-9-18(6,7)20-17-14(4)12-16(13-15(17)5)19(8,10-2)11-3/h12-13H,9-11H2,1-8H3. The zero-order valence-corrected chi connectivity index (χ0v) is 14.7. The fraction of sp³-hybridized carbons (Fsp3) is 0.684. The van der Waals surface area contributed by atoms with Gasteiger partial charge < -0.3 is 4.74 Å². The Morgan fingerprint density at radius 3 is 1.65 bits per heavy atom. The summed E-state index contributed by atoms with van der Waals surface area (Å²) in [6, 6.07) is 4.64. The molecule has 0 spiro atoms. The van der Waals surface area contributed by atoms with Gasteiger partial charge in [0.2, 0.25) is 0 Å². The predicted octanol–water partition coefficient (Wildman–Crippen LogP) is 5.95. The number of benzene rings is 1. The minimum Gasteiger partial charge on any atom is -0.487 e. The van der Waals surface area contributed by atoms with Crippen molar-refractivity contribution in [2.24, 2.45) is 0 Å². The van der Waals surface area contributed by atoms with Crippen molar-refractivity contribution in [2.45, 2.75) is 85.7 Å². The monoisotopic (exact) mass is 276 g/mol. The summed E-state index contributed by atoms with van der Waals surface area (Å²) in [5, 5.41) is 0. The van der Waals surface area contributed by atoms with Gasteiger partial charge in [0.1, 0.15) is 11.4 Å². The molecule has 0 saturated heterocycles. The van der Waals surface area contributed by atoms with Crippen LogP contribution in [-0.4, -0.2) is 5.60 Å². The summed E-state index contributed by atoms with van der Waals surface area (Å²) in [6.45, 7) is 17.7. The lowest BCUT2D eigenvalue weighted by Gasteiger charge is -2.31. The molecular formula is C19H32O. The van der Waals surface area contributed by atoms with Gasteiger partial charge >= 0.3 is 0 Å². The van der Waals surface area contributed by atoms with E-state index in [4.69, 9.17) is 4.74 Å². The van der Waals surface area contributed by atoms with E-state index in [-0.39, 0.29) is 11.0 Å². The maximum absolute atomic E-state index is 6.25. The van der Waals surface area contributed by atoms with Crippen LogP contribution in [0.2, 0.25) is 0 Å². The quantitative estimate of drug-likeness (QED) is 0.624. The summed E-state index contributed by atoms with van der Waals surface area (Å²) in [6.07, 6.45) is 3.35. The molecule has 20 heavy (non-hydrogen) atoms. The predicted molar refractivity (Wildman–Crippen MR) is 88.8 cm³/mol. The molecule has 0 unspecified atom stereocenters. The molecule has 0 atom stereocenters. The molecule has 0 heterocycles. The molecule has 0 aromatic heterocycles. The van der Waals surface area contributed by atoms with Crippen LogP contribution in [0.25, 0.3) is 0 Å². The average molecular weight is 276 g/mol. The topological polar surface area (TPSA) is 9.23 Å². The molecule has 0 saturated carbocycles. The second-order valence-electron chi connectivity index (χ2n) is 6.92. The normalized spacial score (nSPS) is 12.6. The first kappa shape index (κ1) is 17.1. The molecule has 1 rings (SSSR count). The second kappa shape index (κ2) is 6.20. The fourth-order valence-electron chi connectivity index (χ4n) is 2.47. The van der Waals surface area contributed by atoms with Crippen LogP contribution in [0.4, 0.5) is 0 Å². The van der Waals surface area contributed by atoms with E-state index in [0.29, 0.717) is 0 Å². The van der Waals surface area contributed by atoms with Crippen molar-refractivity contribution in [1.82, 2.24) is 0 Å². The molecule has 0 fully saturated rings. The van der Waals surface area contributed by atoms with Crippen molar-refractivity contribution in [2.75, 3.05) is 0 Å². The summed E-state index contributed by atoms with van der Waals surface area (Å²) in [5.41, 5.74) is 4.13. The van der Waals surface area contributed by atoms with E-state index < -0.39 is 0 Å². The molecule has 0 aliphatic carbocycles. The van der Waals surface area contributed by atoms with Crippen molar-refractivity contribution in [3.63, 3.8) is 0 Å². The number of ether oxygens (including phenoxy) is 1. The van der Waals surface area contributed by atoms with Gasteiger partial charge in [-0.05, 0) is 69.1 Å². The first-order valence-corrected chi connectivity index (χ1v) is 7.99. The lowest BCUT2D eigenvalue weighted by molar-refractivity contribution is 0.103. The molecule has 0 aliphatic heterocycles. The van der Waals surface area contributed by atoms with Gasteiger partial charge in [0.05, 0.1) is 0 Å². The molecule has 1 aromatic rings. The number of hydrogen-bond donors (Lipinski definition) is 0. The Kier molecular flexibility index (Phi) is 5.29. The van der Waals surface area contributed by atoms with Gasteiger partial charge in [-0.1, -0.05) is 39.8 Å². The second-order valence-corrected chi connectivity index (χ2v) is 6.92. The summed E-state index contributed by atoms with van der Waals surface area (Å²) in [7, 11) is 0. The van der Waals surface area contributed by atoms with Crippen LogP contribution in [0.1, 0.15) is 77.5 Å². The van der Waals surface area contributed by atoms with E-state index in [9.17, 15) is 0 Å². The van der Waals surface area contributed by atoms with Crippen molar-refractivity contribution in [3.8, 4) is 5.75 Å². The van der Waals surface area contributed by atoms with Gasteiger partial charge in [-0.15, -0.1) is 0 Å². The number of rotatable bonds is 6. The van der Waals surface area contributed by atoms with Gasteiger partial charge in [-0.3, -0.25) is 0 Å². The smallest absolute Gasteiger partial charge is 0.125 e. The van der Waals surface area contributed by atoms with E-state index >= 15 is 0 Å². The highest BCUT2D eigenvalue weighted by Gasteiger charge is 2.25. The molecule has 114 valence electrons. The third kappa shape index (κ3) is 3.56. The Balaban J connectivity index is 3.22. The van der Waals surface area contributed by atoms with Crippen molar-refractivity contribution in [3.05, 3.63) is 28.8 Å². The van der Waals surface area contributed by atoms with Crippen LogP contribution in [-0.2, 0) is 5.41 Å². The van der Waals surface area contributed by atoms with Crippen molar-refractivity contribution in [1.29, 1.82) is 0 Å². The Morgan fingerprint density at radius 1 is 0.850 bits per heavy atom. The summed E-state index contributed by atoms with van der Waals surface area (Å²) >= 11 is 0. The SMILES string of the molecule is CCC(C)(C)Oc1c(C)cc(C(C)(CC)CC)cc1C. The van der Waals surface area contributed by atoms with Crippen molar-refractivity contribution >= 4 is 0 Å². The van der Waals surface area contributed by atoms with Gasteiger partial charge in [0, 0.05) is 0 Å². The minimum atomic E-state index is -0.101. The van der Waals surface area contributed by atoms with Crippen LogP contribution >= 0.6 is 0 Å². The van der Waals surface area contributed by atoms with E-state index in [1.807, 2.05) is 0 Å². The molecule has 0 amide bonds. The Labute approximate surface area is 125 Å². The van der Waals surface area contributed by atoms with Gasteiger partial charge in [0.25, 0.3) is 0 Å². The van der Waals surface area contributed by atoms with Crippen molar-refractivity contribution < 1.29 is 4.74 Å². The maximum Gasteiger partial charge on any atom is 0.125 e. The van der Waals surface area contributed by atoms with Crippen LogP contribution in [0.15, 0.2) is 12.1 Å². The molecule has 0 aliphatic rings. The third-order valence-corrected chi connectivity index (χ3v) is 4.95. The third-order valence-electron chi connectivity index (χ3n) is 4.95. The highest BCUT2D eigenvalue weighted by molar-refractivity contribution is 5.45. The molecular weight excluding hydrogens is 244 g/mol.